The van der Waals surface area contributed by atoms with Crippen molar-refractivity contribution in [2.24, 2.45) is 10.9 Å². The summed E-state index contributed by atoms with van der Waals surface area (Å²) < 4.78 is 4.53. The predicted molar refractivity (Wildman–Crippen MR) is 56.5 cm³/mol. The number of hydrogen-bond donors (Lipinski definition) is 0. The van der Waals surface area contributed by atoms with Crippen LogP contribution in [0.25, 0.3) is 0 Å². The molecule has 0 bridgehead atoms. The Bertz CT molecular complexity index is 256. The Hall–Kier alpha value is -1.12. The number of carbonyl (C=O) groups excluding carboxylic acids is 1. The molecule has 0 saturated carbocycles. The van der Waals surface area contributed by atoms with Crippen molar-refractivity contribution in [3.63, 3.8) is 0 Å². The smallest absolute Gasteiger partial charge is 0.307 e. The Labute approximate surface area is 84.9 Å². The lowest BCUT2D eigenvalue weighted by atomic mass is 9.95. The van der Waals surface area contributed by atoms with Crippen LogP contribution in [-0.2, 0) is 9.53 Å². The van der Waals surface area contributed by atoms with Gasteiger partial charge in [0.2, 0.25) is 0 Å². The van der Waals surface area contributed by atoms with Gasteiger partial charge in [0.1, 0.15) is 0 Å². The van der Waals surface area contributed by atoms with Gasteiger partial charge >= 0.3 is 5.97 Å². The van der Waals surface area contributed by atoms with Crippen LogP contribution in [0.3, 0.4) is 0 Å². The van der Waals surface area contributed by atoms with Crippen LogP contribution in [0.4, 0.5) is 0 Å². The fraction of sp³-hybridized carbons (Fsp3) is 0.636. The van der Waals surface area contributed by atoms with Gasteiger partial charge in [-0.15, -0.1) is 0 Å². The van der Waals surface area contributed by atoms with Crippen LogP contribution in [0.5, 0.6) is 0 Å². The molecule has 0 radical (unpaired) electrons. The number of rotatable bonds is 3. The molecule has 0 spiro atoms. The number of methoxy groups -OCH3 is 1. The largest absolute Gasteiger partial charge is 0.469 e. The van der Waals surface area contributed by atoms with Gasteiger partial charge < -0.3 is 4.74 Å². The molecule has 0 aromatic carbocycles. The summed E-state index contributed by atoms with van der Waals surface area (Å²) in [5.41, 5.74) is 1.10. The zero-order valence-corrected chi connectivity index (χ0v) is 8.82. The quantitative estimate of drug-likeness (QED) is 0.646. The zero-order chi connectivity index (χ0) is 10.4. The minimum absolute atomic E-state index is 0.192. The first-order chi connectivity index (χ1) is 6.72. The van der Waals surface area contributed by atoms with Crippen LogP contribution in [0.2, 0.25) is 0 Å². The molecule has 1 aliphatic carbocycles. The molecule has 0 saturated heterocycles. The third kappa shape index (κ3) is 3.73. The van der Waals surface area contributed by atoms with E-state index in [-0.39, 0.29) is 5.97 Å². The first-order valence-corrected chi connectivity index (χ1v) is 4.99. The van der Waals surface area contributed by atoms with E-state index < -0.39 is 0 Å². The fourth-order valence-electron chi connectivity index (χ4n) is 1.45. The third-order valence-electron chi connectivity index (χ3n) is 2.26. The molecular formula is C11H17NO2. The van der Waals surface area contributed by atoms with Crippen LogP contribution in [0, 0.1) is 5.92 Å². The molecule has 1 unspecified atom stereocenters. The van der Waals surface area contributed by atoms with Crippen molar-refractivity contribution in [1.29, 1.82) is 0 Å². The second kappa shape index (κ2) is 5.58. The number of nitrogens with zero attached hydrogens (tertiary/aromatic N) is 1. The Balaban J connectivity index is 2.33. The van der Waals surface area contributed by atoms with Crippen LogP contribution >= 0.6 is 0 Å². The molecule has 1 rings (SSSR count). The highest BCUT2D eigenvalue weighted by molar-refractivity contribution is 5.95. The van der Waals surface area contributed by atoms with Crippen molar-refractivity contribution >= 4 is 11.7 Å². The Morgan fingerprint density at radius 1 is 1.71 bits per heavy atom. The van der Waals surface area contributed by atoms with Gasteiger partial charge in [-0.3, -0.25) is 9.79 Å². The highest BCUT2D eigenvalue weighted by atomic mass is 16.5. The average molecular weight is 195 g/mol. The summed E-state index contributed by atoms with van der Waals surface area (Å²) in [6.07, 6.45) is 6.73. The van der Waals surface area contributed by atoms with Gasteiger partial charge in [0, 0.05) is 12.3 Å². The van der Waals surface area contributed by atoms with Crippen molar-refractivity contribution in [3.05, 3.63) is 12.2 Å². The molecule has 0 aromatic rings. The van der Waals surface area contributed by atoms with E-state index >= 15 is 0 Å². The maximum atomic E-state index is 10.8. The second-order valence-electron chi connectivity index (χ2n) is 3.65. The summed E-state index contributed by atoms with van der Waals surface area (Å²) in [5, 5.41) is 0. The van der Waals surface area contributed by atoms with Crippen molar-refractivity contribution in [2.75, 3.05) is 13.7 Å². The fourth-order valence-corrected chi connectivity index (χ4v) is 1.45. The zero-order valence-electron chi connectivity index (χ0n) is 8.82. The van der Waals surface area contributed by atoms with Crippen molar-refractivity contribution in [1.82, 2.24) is 0 Å². The van der Waals surface area contributed by atoms with Gasteiger partial charge in [0.25, 0.3) is 0 Å². The van der Waals surface area contributed by atoms with E-state index in [0.29, 0.717) is 18.9 Å². The topological polar surface area (TPSA) is 38.7 Å². The summed E-state index contributed by atoms with van der Waals surface area (Å²) in [5.74, 6) is 0.485. The summed E-state index contributed by atoms with van der Waals surface area (Å²) >= 11 is 0. The van der Waals surface area contributed by atoms with Crippen molar-refractivity contribution in [3.8, 4) is 0 Å². The maximum Gasteiger partial charge on any atom is 0.307 e. The minimum Gasteiger partial charge on any atom is -0.469 e. The summed E-state index contributed by atoms with van der Waals surface area (Å²) in [7, 11) is 1.40. The van der Waals surface area contributed by atoms with E-state index in [9.17, 15) is 4.79 Å². The molecule has 0 amide bonds. The number of ether oxygens (including phenoxy) is 1. The molecule has 3 nitrogen and oxygen atoms in total. The summed E-state index contributed by atoms with van der Waals surface area (Å²) in [4.78, 5) is 15.2. The molecule has 78 valence electrons. The molecule has 14 heavy (non-hydrogen) atoms. The van der Waals surface area contributed by atoms with E-state index in [4.69, 9.17) is 0 Å². The highest BCUT2D eigenvalue weighted by Gasteiger charge is 2.08. The summed E-state index contributed by atoms with van der Waals surface area (Å²) in [6, 6.07) is 0. The van der Waals surface area contributed by atoms with Gasteiger partial charge in [-0.1, -0.05) is 13.0 Å². The van der Waals surface area contributed by atoms with E-state index in [2.05, 4.69) is 28.8 Å². The van der Waals surface area contributed by atoms with Crippen molar-refractivity contribution < 1.29 is 9.53 Å². The predicted octanol–water partition coefficient (Wildman–Crippen LogP) is 1.98. The molecule has 0 aliphatic heterocycles. The molecular weight excluding hydrogens is 178 g/mol. The first kappa shape index (κ1) is 11.0. The number of aliphatic imine (C=N–C) groups is 1. The van der Waals surface area contributed by atoms with E-state index in [0.717, 1.165) is 18.6 Å². The van der Waals surface area contributed by atoms with Crippen LogP contribution in [0.1, 0.15) is 26.2 Å². The van der Waals surface area contributed by atoms with Crippen LogP contribution in [-0.4, -0.2) is 25.3 Å². The molecule has 0 N–H and O–H groups in total. The van der Waals surface area contributed by atoms with Crippen molar-refractivity contribution in [2.45, 2.75) is 26.2 Å². The van der Waals surface area contributed by atoms with Gasteiger partial charge in [-0.05, 0) is 24.8 Å². The summed E-state index contributed by atoms with van der Waals surface area (Å²) in [6.45, 7) is 2.75. The Morgan fingerprint density at radius 2 is 2.50 bits per heavy atom. The van der Waals surface area contributed by atoms with E-state index in [1.54, 1.807) is 0 Å². The lowest BCUT2D eigenvalue weighted by Gasteiger charge is -2.13. The maximum absolute atomic E-state index is 10.8. The lowest BCUT2D eigenvalue weighted by Crippen LogP contribution is -2.09. The van der Waals surface area contributed by atoms with Crippen LogP contribution in [0.15, 0.2) is 17.1 Å². The lowest BCUT2D eigenvalue weighted by molar-refractivity contribution is -0.140. The van der Waals surface area contributed by atoms with E-state index in [1.165, 1.54) is 7.11 Å². The molecule has 0 fully saturated rings. The average Bonchev–Trinajstić information content (AvgIpc) is 2.17. The molecule has 1 aliphatic rings. The first-order valence-electron chi connectivity index (χ1n) is 4.99. The highest BCUT2D eigenvalue weighted by Crippen LogP contribution is 2.15. The normalized spacial score (nSPS) is 23.9. The van der Waals surface area contributed by atoms with Gasteiger partial charge in [-0.25, -0.2) is 0 Å². The monoisotopic (exact) mass is 195 g/mol. The van der Waals surface area contributed by atoms with Crippen LogP contribution < -0.4 is 0 Å². The number of hydrogen-bond acceptors (Lipinski definition) is 3. The SMILES string of the molecule is COC(=O)CCN=C1C=CCC(C)C1. The Kier molecular flexibility index (Phi) is 4.36. The standard InChI is InChI=1S/C11H17NO2/c1-9-4-3-5-10(8-9)12-7-6-11(13)14-2/h3,5,9H,4,6-8H2,1-2H3. The molecule has 0 heterocycles. The second-order valence-corrected chi connectivity index (χ2v) is 3.65. The minimum atomic E-state index is -0.192. The molecule has 3 heteroatoms. The van der Waals surface area contributed by atoms with Gasteiger partial charge in [0.15, 0.2) is 0 Å². The molecule has 1 atom stereocenters. The molecule has 0 aromatic heterocycles. The number of allylic oxidation sites excluding steroid dienone is 2. The van der Waals surface area contributed by atoms with Gasteiger partial charge in [0.05, 0.1) is 13.5 Å². The number of esters is 1. The van der Waals surface area contributed by atoms with Gasteiger partial charge in [-0.2, -0.15) is 0 Å². The third-order valence-corrected chi connectivity index (χ3v) is 2.26. The number of carbonyl (C=O) groups is 1. The Morgan fingerprint density at radius 3 is 3.14 bits per heavy atom. The van der Waals surface area contributed by atoms with E-state index in [1.807, 2.05) is 0 Å².